The van der Waals surface area contributed by atoms with E-state index >= 15 is 0 Å². The van der Waals surface area contributed by atoms with Crippen LogP contribution in [0.1, 0.15) is 12.6 Å². The molecular formula is C8H12N2O2. The van der Waals surface area contributed by atoms with Crippen molar-refractivity contribution in [2.45, 2.75) is 18.9 Å². The van der Waals surface area contributed by atoms with Crippen molar-refractivity contribution in [2.75, 3.05) is 0 Å². The molecule has 1 rings (SSSR count). The number of hydrogen-bond acceptors (Lipinski definition) is 2. The Labute approximate surface area is 70.4 Å². The number of aromatic nitrogens is 1. The van der Waals surface area contributed by atoms with Crippen LogP contribution in [-0.4, -0.2) is 21.6 Å². The van der Waals surface area contributed by atoms with Gasteiger partial charge in [0.2, 0.25) is 0 Å². The van der Waals surface area contributed by atoms with E-state index < -0.39 is 11.5 Å². The number of carboxylic acids is 1. The molecule has 0 amide bonds. The molecule has 12 heavy (non-hydrogen) atoms. The maximum Gasteiger partial charge on any atom is 0.323 e. The number of carbonyl (C=O) groups is 1. The van der Waals surface area contributed by atoms with Crippen LogP contribution in [0.3, 0.4) is 0 Å². The lowest BCUT2D eigenvalue weighted by Crippen LogP contribution is -2.46. The van der Waals surface area contributed by atoms with E-state index in [4.69, 9.17) is 10.8 Å². The Morgan fingerprint density at radius 3 is 2.92 bits per heavy atom. The van der Waals surface area contributed by atoms with Gasteiger partial charge in [0, 0.05) is 18.3 Å². The fraction of sp³-hybridized carbons (Fsp3) is 0.375. The summed E-state index contributed by atoms with van der Waals surface area (Å²) in [5, 5.41) is 8.70. The van der Waals surface area contributed by atoms with E-state index in [1.54, 1.807) is 6.20 Å². The van der Waals surface area contributed by atoms with E-state index in [1.807, 2.05) is 12.1 Å². The molecule has 1 unspecified atom stereocenters. The summed E-state index contributed by atoms with van der Waals surface area (Å²) in [5.41, 5.74) is 5.18. The number of carboxylic acid groups (broad SMARTS) is 1. The van der Waals surface area contributed by atoms with E-state index in [0.29, 0.717) is 6.42 Å². The summed E-state index contributed by atoms with van der Waals surface area (Å²) in [6.45, 7) is 1.50. The summed E-state index contributed by atoms with van der Waals surface area (Å²) in [4.78, 5) is 13.5. The number of hydrogen-bond donors (Lipinski definition) is 3. The van der Waals surface area contributed by atoms with Crippen LogP contribution in [0.2, 0.25) is 0 Å². The third-order valence-electron chi connectivity index (χ3n) is 1.71. The molecule has 0 fully saturated rings. The smallest absolute Gasteiger partial charge is 0.323 e. The van der Waals surface area contributed by atoms with Gasteiger partial charge in [0.05, 0.1) is 0 Å². The monoisotopic (exact) mass is 168 g/mol. The zero-order valence-electron chi connectivity index (χ0n) is 6.87. The van der Waals surface area contributed by atoms with Gasteiger partial charge in [-0.2, -0.15) is 0 Å². The number of nitrogens with one attached hydrogen (secondary N) is 1. The first kappa shape index (κ1) is 8.80. The van der Waals surface area contributed by atoms with Crippen LogP contribution in [0, 0.1) is 0 Å². The van der Waals surface area contributed by atoms with Crippen LogP contribution < -0.4 is 5.73 Å². The molecule has 1 aromatic heterocycles. The van der Waals surface area contributed by atoms with Crippen molar-refractivity contribution in [3.05, 3.63) is 24.0 Å². The van der Waals surface area contributed by atoms with E-state index in [0.717, 1.165) is 5.69 Å². The fourth-order valence-corrected chi connectivity index (χ4v) is 0.949. The highest BCUT2D eigenvalue weighted by atomic mass is 16.4. The highest BCUT2D eigenvalue weighted by molar-refractivity contribution is 5.78. The topological polar surface area (TPSA) is 79.1 Å². The normalized spacial score (nSPS) is 15.5. The minimum absolute atomic E-state index is 0.315. The molecule has 0 aliphatic carbocycles. The lowest BCUT2D eigenvalue weighted by molar-refractivity contribution is -0.142. The molecule has 0 saturated heterocycles. The highest BCUT2D eigenvalue weighted by Gasteiger charge is 2.28. The Kier molecular flexibility index (Phi) is 2.19. The minimum Gasteiger partial charge on any atom is -0.480 e. The summed E-state index contributed by atoms with van der Waals surface area (Å²) in [6.07, 6.45) is 2.06. The number of rotatable bonds is 3. The molecule has 0 aliphatic heterocycles. The molecule has 1 aromatic rings. The summed E-state index contributed by atoms with van der Waals surface area (Å²) in [6, 6.07) is 3.63. The average Bonchev–Trinajstić information content (AvgIpc) is 2.38. The molecule has 0 aromatic carbocycles. The van der Waals surface area contributed by atoms with E-state index in [9.17, 15) is 4.79 Å². The maximum atomic E-state index is 10.6. The number of nitrogens with two attached hydrogens (primary N) is 1. The van der Waals surface area contributed by atoms with Crippen molar-refractivity contribution in [3.8, 4) is 0 Å². The zero-order valence-corrected chi connectivity index (χ0v) is 6.87. The number of aliphatic carboxylic acids is 1. The quantitative estimate of drug-likeness (QED) is 0.609. The second-order valence-corrected chi connectivity index (χ2v) is 3.09. The molecule has 4 N–H and O–H groups in total. The first-order valence-corrected chi connectivity index (χ1v) is 3.67. The van der Waals surface area contributed by atoms with E-state index in [-0.39, 0.29) is 0 Å². The zero-order chi connectivity index (χ0) is 9.19. The number of H-pyrrole nitrogens is 1. The van der Waals surface area contributed by atoms with Gasteiger partial charge in [-0.15, -0.1) is 0 Å². The van der Waals surface area contributed by atoms with Gasteiger partial charge in [-0.1, -0.05) is 0 Å². The van der Waals surface area contributed by atoms with Crippen LogP contribution in [0.4, 0.5) is 0 Å². The Balaban J connectivity index is 2.69. The van der Waals surface area contributed by atoms with Crippen LogP contribution in [0.25, 0.3) is 0 Å². The lowest BCUT2D eigenvalue weighted by Gasteiger charge is -2.17. The van der Waals surface area contributed by atoms with Crippen LogP contribution >= 0.6 is 0 Å². The standard InChI is InChI=1S/C8H12N2O2/c1-8(9,7(11)12)5-6-3-2-4-10-6/h2-4,10H,5,9H2,1H3,(H,11,12). The predicted molar refractivity (Wildman–Crippen MR) is 44.7 cm³/mol. The summed E-state index contributed by atoms with van der Waals surface area (Å²) >= 11 is 0. The molecule has 0 bridgehead atoms. The van der Waals surface area contributed by atoms with Crippen molar-refractivity contribution in [1.29, 1.82) is 0 Å². The van der Waals surface area contributed by atoms with Gasteiger partial charge >= 0.3 is 5.97 Å². The lowest BCUT2D eigenvalue weighted by atomic mass is 9.98. The molecule has 1 atom stereocenters. The fourth-order valence-electron chi connectivity index (χ4n) is 0.949. The number of aromatic amines is 1. The third-order valence-corrected chi connectivity index (χ3v) is 1.71. The van der Waals surface area contributed by atoms with Crippen LogP contribution in [0.15, 0.2) is 18.3 Å². The van der Waals surface area contributed by atoms with Crippen LogP contribution in [0.5, 0.6) is 0 Å². The Hall–Kier alpha value is -1.29. The first-order valence-electron chi connectivity index (χ1n) is 3.67. The Morgan fingerprint density at radius 1 is 1.83 bits per heavy atom. The van der Waals surface area contributed by atoms with Gasteiger partial charge in [0.1, 0.15) is 5.54 Å². The molecule has 66 valence electrons. The average molecular weight is 168 g/mol. The molecular weight excluding hydrogens is 156 g/mol. The molecule has 4 heteroatoms. The predicted octanol–water partition coefficient (Wildman–Crippen LogP) is 0.359. The SMILES string of the molecule is CC(N)(Cc1ccc[nH]1)C(=O)O. The molecule has 1 heterocycles. The van der Waals surface area contributed by atoms with Gasteiger partial charge in [-0.3, -0.25) is 4.79 Å². The van der Waals surface area contributed by atoms with Crippen molar-refractivity contribution in [2.24, 2.45) is 5.73 Å². The van der Waals surface area contributed by atoms with Crippen molar-refractivity contribution >= 4 is 5.97 Å². The van der Waals surface area contributed by atoms with Crippen molar-refractivity contribution in [3.63, 3.8) is 0 Å². The van der Waals surface area contributed by atoms with Crippen LogP contribution in [-0.2, 0) is 11.2 Å². The summed E-state index contributed by atoms with van der Waals surface area (Å²) in [5.74, 6) is -0.989. The van der Waals surface area contributed by atoms with Gasteiger partial charge < -0.3 is 15.8 Å². The Bertz CT molecular complexity index is 265. The molecule has 0 aliphatic rings. The van der Waals surface area contributed by atoms with E-state index in [2.05, 4.69) is 4.98 Å². The van der Waals surface area contributed by atoms with Gasteiger partial charge in [0.25, 0.3) is 0 Å². The Morgan fingerprint density at radius 2 is 2.50 bits per heavy atom. The molecule has 0 radical (unpaired) electrons. The van der Waals surface area contributed by atoms with Gasteiger partial charge in [-0.25, -0.2) is 0 Å². The van der Waals surface area contributed by atoms with Gasteiger partial charge in [-0.05, 0) is 19.1 Å². The van der Waals surface area contributed by atoms with E-state index in [1.165, 1.54) is 6.92 Å². The molecule has 4 nitrogen and oxygen atoms in total. The highest BCUT2D eigenvalue weighted by Crippen LogP contribution is 2.08. The summed E-state index contributed by atoms with van der Waals surface area (Å²) < 4.78 is 0. The largest absolute Gasteiger partial charge is 0.480 e. The first-order chi connectivity index (χ1) is 5.52. The molecule has 0 saturated carbocycles. The van der Waals surface area contributed by atoms with Gasteiger partial charge in [0.15, 0.2) is 0 Å². The second kappa shape index (κ2) is 2.98. The second-order valence-electron chi connectivity index (χ2n) is 3.09. The van der Waals surface area contributed by atoms with Crippen molar-refractivity contribution < 1.29 is 9.90 Å². The molecule has 0 spiro atoms. The maximum absolute atomic E-state index is 10.6. The third kappa shape index (κ3) is 1.85. The summed E-state index contributed by atoms with van der Waals surface area (Å²) in [7, 11) is 0. The minimum atomic E-state index is -1.19. The van der Waals surface area contributed by atoms with Crippen molar-refractivity contribution in [1.82, 2.24) is 4.98 Å².